The van der Waals surface area contributed by atoms with Crippen LogP contribution in [0.25, 0.3) is 5.65 Å². The van der Waals surface area contributed by atoms with E-state index in [0.717, 1.165) is 5.56 Å². The molecule has 0 saturated heterocycles. The smallest absolute Gasteiger partial charge is 0.809 e. The van der Waals surface area contributed by atoms with E-state index in [-0.39, 0.29) is 71.7 Å². The van der Waals surface area contributed by atoms with Gasteiger partial charge in [0.1, 0.15) is 6.33 Å². The van der Waals surface area contributed by atoms with Gasteiger partial charge in [-0.2, -0.15) is 9.61 Å². The van der Waals surface area contributed by atoms with E-state index in [4.69, 9.17) is 10.5 Å². The molecule has 98 valence electrons. The van der Waals surface area contributed by atoms with Crippen LogP contribution in [0.4, 0.5) is 5.95 Å². The first kappa shape index (κ1) is 20.5. The maximum Gasteiger partial charge on any atom is 1.00 e. The largest absolute Gasteiger partial charge is 1.00 e. The van der Waals surface area contributed by atoms with Crippen LogP contribution in [-0.2, 0) is 15.7 Å². The zero-order chi connectivity index (χ0) is 13.2. The number of nitrogens with zero attached hydrogens (tertiary/aromatic N) is 4. The standard InChI is InChI=1S/C8H12N5O4P.2Na/c9-8-11-4-10-7-6(3-12-13(7)8)1-2-17-5-18(14,15)16;;/h3-4H,1-2,5H2,(H2,9,10,11)(H2,14,15,16);;/q;2*+1/p-2. The summed E-state index contributed by atoms with van der Waals surface area (Å²) < 4.78 is 16.5. The molecule has 0 spiro atoms. The van der Waals surface area contributed by atoms with Crippen molar-refractivity contribution in [2.24, 2.45) is 0 Å². The molecule has 12 heteroatoms. The van der Waals surface area contributed by atoms with Crippen LogP contribution >= 0.6 is 7.60 Å². The Labute approximate surface area is 159 Å². The summed E-state index contributed by atoms with van der Waals surface area (Å²) in [6, 6.07) is 0. The topological polar surface area (TPSA) is 142 Å². The Morgan fingerprint density at radius 3 is 2.70 bits per heavy atom. The number of anilines is 1. The van der Waals surface area contributed by atoms with Gasteiger partial charge in [0.05, 0.1) is 19.2 Å². The van der Waals surface area contributed by atoms with Gasteiger partial charge in [0, 0.05) is 12.0 Å². The van der Waals surface area contributed by atoms with Gasteiger partial charge in [0.2, 0.25) is 5.95 Å². The Morgan fingerprint density at radius 2 is 2.05 bits per heavy atom. The predicted molar refractivity (Wildman–Crippen MR) is 57.3 cm³/mol. The second-order valence-corrected chi connectivity index (χ2v) is 5.02. The first-order chi connectivity index (χ1) is 8.47. The van der Waals surface area contributed by atoms with Gasteiger partial charge in [-0.1, -0.05) is 0 Å². The van der Waals surface area contributed by atoms with Crippen molar-refractivity contribution < 1.29 is 78.2 Å². The van der Waals surface area contributed by atoms with Crippen LogP contribution in [0.1, 0.15) is 5.56 Å². The molecule has 0 aliphatic carbocycles. The van der Waals surface area contributed by atoms with Gasteiger partial charge in [-0.05, 0) is 7.60 Å². The molecule has 20 heavy (non-hydrogen) atoms. The zero-order valence-electron chi connectivity index (χ0n) is 11.2. The summed E-state index contributed by atoms with van der Waals surface area (Å²) in [4.78, 5) is 28.5. The van der Waals surface area contributed by atoms with Crippen molar-refractivity contribution in [2.75, 3.05) is 18.7 Å². The molecule has 0 saturated carbocycles. The van der Waals surface area contributed by atoms with Crippen molar-refractivity contribution in [2.45, 2.75) is 6.42 Å². The molecule has 0 aromatic carbocycles. The van der Waals surface area contributed by atoms with Crippen LogP contribution in [0.5, 0.6) is 0 Å². The minimum Gasteiger partial charge on any atom is -0.809 e. The van der Waals surface area contributed by atoms with Crippen molar-refractivity contribution in [3.05, 3.63) is 18.1 Å². The fourth-order valence-electron chi connectivity index (χ4n) is 1.41. The Morgan fingerprint density at radius 1 is 1.35 bits per heavy atom. The first-order valence-electron chi connectivity index (χ1n) is 4.99. The van der Waals surface area contributed by atoms with E-state index in [1.54, 1.807) is 0 Å². The van der Waals surface area contributed by atoms with Crippen LogP contribution in [0, 0.1) is 0 Å². The minimum atomic E-state index is -4.62. The normalized spacial score (nSPS) is 10.9. The van der Waals surface area contributed by atoms with E-state index in [2.05, 4.69) is 15.1 Å². The van der Waals surface area contributed by atoms with Gasteiger partial charge in [0.15, 0.2) is 5.65 Å². The van der Waals surface area contributed by atoms with Gasteiger partial charge in [-0.3, -0.25) is 0 Å². The second-order valence-electron chi connectivity index (χ2n) is 3.54. The number of ether oxygens (including phenoxy) is 1. The van der Waals surface area contributed by atoms with E-state index in [1.165, 1.54) is 17.0 Å². The third kappa shape index (κ3) is 5.69. The van der Waals surface area contributed by atoms with Crippen molar-refractivity contribution in [3.63, 3.8) is 0 Å². The fourth-order valence-corrected chi connectivity index (χ4v) is 1.77. The van der Waals surface area contributed by atoms with Crippen molar-refractivity contribution in [3.8, 4) is 0 Å². The van der Waals surface area contributed by atoms with Crippen LogP contribution in [0.2, 0.25) is 0 Å². The summed E-state index contributed by atoms with van der Waals surface area (Å²) >= 11 is 0. The molecule has 0 aliphatic rings. The van der Waals surface area contributed by atoms with Crippen LogP contribution in [-0.4, -0.2) is 32.5 Å². The van der Waals surface area contributed by atoms with Crippen molar-refractivity contribution in [1.29, 1.82) is 0 Å². The molecule has 9 nitrogen and oxygen atoms in total. The molecule has 2 aromatic heterocycles. The molecule has 2 N–H and O–H groups in total. The van der Waals surface area contributed by atoms with E-state index >= 15 is 0 Å². The van der Waals surface area contributed by atoms with Crippen LogP contribution in [0.15, 0.2) is 12.5 Å². The van der Waals surface area contributed by atoms with E-state index < -0.39 is 13.9 Å². The van der Waals surface area contributed by atoms with Crippen LogP contribution in [0.3, 0.4) is 0 Å². The number of fused-ring (bicyclic) bond motifs is 1. The van der Waals surface area contributed by atoms with Crippen molar-refractivity contribution >= 4 is 19.2 Å². The molecule has 2 aromatic rings. The molecule has 2 rings (SSSR count). The van der Waals surface area contributed by atoms with E-state index in [1.807, 2.05) is 0 Å². The molecule has 0 atom stereocenters. The predicted octanol–water partition coefficient (Wildman–Crippen LogP) is -7.86. The Balaban J connectivity index is 0.00000180. The Hall–Kier alpha value is 0.460. The molecule has 0 bridgehead atoms. The Kier molecular flexibility index (Phi) is 9.00. The molecule has 0 aliphatic heterocycles. The maximum absolute atomic E-state index is 10.3. The zero-order valence-corrected chi connectivity index (χ0v) is 16.1. The molecule has 0 unspecified atom stereocenters. The maximum atomic E-state index is 10.3. The molecule has 0 fully saturated rings. The summed E-state index contributed by atoms with van der Waals surface area (Å²) in [6.45, 7) is 0.0831. The van der Waals surface area contributed by atoms with Gasteiger partial charge in [-0.15, -0.1) is 0 Å². The quantitative estimate of drug-likeness (QED) is 0.325. The monoisotopic (exact) mass is 317 g/mol. The Bertz CT molecular complexity index is 604. The minimum absolute atomic E-state index is 0. The number of nitrogen functional groups attached to an aromatic ring is 1. The van der Waals surface area contributed by atoms with Crippen molar-refractivity contribution in [1.82, 2.24) is 19.6 Å². The first-order valence-corrected chi connectivity index (χ1v) is 6.72. The summed E-state index contributed by atoms with van der Waals surface area (Å²) in [5.74, 6) is 0.204. The summed E-state index contributed by atoms with van der Waals surface area (Å²) in [7, 11) is -4.62. The van der Waals surface area contributed by atoms with Crippen LogP contribution < -0.4 is 74.6 Å². The third-order valence-electron chi connectivity index (χ3n) is 2.17. The van der Waals surface area contributed by atoms with E-state index in [9.17, 15) is 14.4 Å². The average molecular weight is 317 g/mol. The number of hydrogen-bond acceptors (Lipinski definition) is 8. The van der Waals surface area contributed by atoms with Gasteiger partial charge >= 0.3 is 59.1 Å². The number of hydrogen-bond donors (Lipinski definition) is 1. The molecular weight excluding hydrogens is 307 g/mol. The van der Waals surface area contributed by atoms with Gasteiger partial charge in [0.25, 0.3) is 0 Å². The van der Waals surface area contributed by atoms with Gasteiger partial charge < -0.3 is 24.8 Å². The number of nitrogens with two attached hydrogens (primary N) is 1. The average Bonchev–Trinajstić information content (AvgIpc) is 2.68. The molecule has 0 amide bonds. The van der Waals surface area contributed by atoms with E-state index in [0.29, 0.717) is 12.1 Å². The fraction of sp³-hybridized carbons (Fsp3) is 0.375. The van der Waals surface area contributed by atoms with Gasteiger partial charge in [-0.25, -0.2) is 9.97 Å². The summed E-state index contributed by atoms with van der Waals surface area (Å²) in [6.07, 6.45) is 2.40. The molecule has 0 radical (unpaired) electrons. The number of rotatable bonds is 5. The third-order valence-corrected chi connectivity index (χ3v) is 2.67. The molecule has 2 heterocycles. The second kappa shape index (κ2) is 8.79. The number of aromatic nitrogens is 4. The summed E-state index contributed by atoms with van der Waals surface area (Å²) in [5, 5.41) is 3.98. The SMILES string of the molecule is Nc1ncnc2c(CCOCP(=O)([O-])[O-])cnn12.[Na+].[Na+]. The summed E-state index contributed by atoms with van der Waals surface area (Å²) in [5.41, 5.74) is 6.84. The molecular formula is C8H10N5Na2O4P.